The van der Waals surface area contributed by atoms with E-state index in [1.807, 2.05) is 0 Å². The maximum Gasteiger partial charge on any atom is 0.347 e. The summed E-state index contributed by atoms with van der Waals surface area (Å²) < 4.78 is 10.6. The van der Waals surface area contributed by atoms with Crippen molar-refractivity contribution in [3.63, 3.8) is 0 Å². The quantitative estimate of drug-likeness (QED) is 0.368. The van der Waals surface area contributed by atoms with E-state index in [1.165, 1.54) is 11.8 Å². The topological polar surface area (TPSA) is 72.8 Å². The van der Waals surface area contributed by atoms with Crippen molar-refractivity contribution >= 4 is 35.5 Å². The predicted molar refractivity (Wildman–Crippen MR) is 75.5 cm³/mol. The second-order valence-electron chi connectivity index (χ2n) is 4.45. The van der Waals surface area contributed by atoms with Crippen molar-refractivity contribution in [3.8, 4) is 0 Å². The van der Waals surface area contributed by atoms with Crippen LogP contribution >= 0.6 is 23.5 Å². The molecule has 1 aliphatic heterocycles. The van der Waals surface area contributed by atoms with E-state index < -0.39 is 17.4 Å². The Kier molecular flexibility index (Phi) is 6.22. The number of esters is 2. The van der Waals surface area contributed by atoms with E-state index in [0.717, 1.165) is 11.8 Å². The normalized spacial score (nSPS) is 18.9. The largest absolute Gasteiger partial charge is 0.459 e. The van der Waals surface area contributed by atoms with Gasteiger partial charge in [0.2, 0.25) is 0 Å². The van der Waals surface area contributed by atoms with Gasteiger partial charge in [-0.3, -0.25) is 0 Å². The van der Waals surface area contributed by atoms with Crippen molar-refractivity contribution in [2.75, 3.05) is 5.75 Å². The number of hydrogen-bond donors (Lipinski definition) is 1. The molecule has 0 aliphatic carbocycles. The van der Waals surface area contributed by atoms with E-state index in [2.05, 4.69) is 0 Å². The van der Waals surface area contributed by atoms with E-state index in [1.54, 1.807) is 27.7 Å². The van der Waals surface area contributed by atoms with Gasteiger partial charge < -0.3 is 14.6 Å². The third-order valence-corrected chi connectivity index (χ3v) is 4.56. The molecule has 0 saturated carbocycles. The third kappa shape index (κ3) is 5.08. The first-order chi connectivity index (χ1) is 8.81. The summed E-state index contributed by atoms with van der Waals surface area (Å²) in [5.74, 6) is -0.970. The molecule has 0 amide bonds. The molecule has 7 heteroatoms. The number of carbonyl (C=O) groups excluding carboxylic acids is 2. The van der Waals surface area contributed by atoms with Crippen LogP contribution in [0.15, 0.2) is 9.81 Å². The molecule has 1 fully saturated rings. The van der Waals surface area contributed by atoms with Gasteiger partial charge >= 0.3 is 11.9 Å². The molecular formula is C12H18O5S2. The molecule has 1 saturated heterocycles. The predicted octanol–water partition coefficient (Wildman–Crippen LogP) is 1.90. The van der Waals surface area contributed by atoms with Crippen molar-refractivity contribution in [1.82, 2.24) is 0 Å². The van der Waals surface area contributed by atoms with Crippen molar-refractivity contribution in [1.29, 1.82) is 0 Å². The number of carbonyl (C=O) groups is 2. The molecule has 0 bridgehead atoms. The van der Waals surface area contributed by atoms with E-state index in [0.29, 0.717) is 9.99 Å². The summed E-state index contributed by atoms with van der Waals surface area (Å²) in [6.45, 7) is 6.82. The fourth-order valence-electron chi connectivity index (χ4n) is 1.27. The lowest BCUT2D eigenvalue weighted by Gasteiger charge is -2.13. The SMILES string of the molecule is CC(C)OC(=O)C(C(=O)OC(C)C)=C1SC[C@@H](O)S1. The van der Waals surface area contributed by atoms with Gasteiger partial charge in [0, 0.05) is 5.75 Å². The van der Waals surface area contributed by atoms with Crippen LogP contribution in [0.1, 0.15) is 27.7 Å². The maximum absolute atomic E-state index is 12.0. The molecule has 1 atom stereocenters. The zero-order chi connectivity index (χ0) is 14.6. The molecule has 0 spiro atoms. The minimum Gasteiger partial charge on any atom is -0.459 e. The van der Waals surface area contributed by atoms with Crippen LogP contribution in [0.4, 0.5) is 0 Å². The summed E-state index contributed by atoms with van der Waals surface area (Å²) in [4.78, 5) is 24.0. The van der Waals surface area contributed by atoms with Gasteiger partial charge in [0.25, 0.3) is 0 Å². The molecule has 5 nitrogen and oxygen atoms in total. The molecule has 0 aromatic rings. The Morgan fingerprint density at radius 1 is 1.16 bits per heavy atom. The van der Waals surface area contributed by atoms with Crippen LogP contribution < -0.4 is 0 Å². The second-order valence-corrected chi connectivity index (χ2v) is 6.93. The Morgan fingerprint density at radius 3 is 1.95 bits per heavy atom. The highest BCUT2D eigenvalue weighted by molar-refractivity contribution is 8.25. The molecule has 1 aliphatic rings. The van der Waals surface area contributed by atoms with Crippen molar-refractivity contribution in [2.45, 2.75) is 45.3 Å². The lowest BCUT2D eigenvalue weighted by Crippen LogP contribution is -2.23. The van der Waals surface area contributed by atoms with Crippen molar-refractivity contribution < 1.29 is 24.2 Å². The second kappa shape index (κ2) is 7.21. The monoisotopic (exact) mass is 306 g/mol. The number of hydrogen-bond acceptors (Lipinski definition) is 7. The molecule has 0 aromatic heterocycles. The maximum atomic E-state index is 12.0. The van der Waals surface area contributed by atoms with E-state index in [9.17, 15) is 14.7 Å². The van der Waals surface area contributed by atoms with E-state index in [4.69, 9.17) is 9.47 Å². The molecular weight excluding hydrogens is 288 g/mol. The summed E-state index contributed by atoms with van der Waals surface area (Å²) in [5.41, 5.74) is -0.734. The first-order valence-corrected chi connectivity index (χ1v) is 7.81. The number of thioether (sulfide) groups is 2. The zero-order valence-electron chi connectivity index (χ0n) is 11.3. The average molecular weight is 306 g/mol. The lowest BCUT2D eigenvalue weighted by molar-refractivity contribution is -0.150. The lowest BCUT2D eigenvalue weighted by atomic mass is 10.3. The smallest absolute Gasteiger partial charge is 0.347 e. The van der Waals surface area contributed by atoms with Crippen molar-refractivity contribution in [2.24, 2.45) is 0 Å². The summed E-state index contributed by atoms with van der Waals surface area (Å²) in [5, 5.41) is 9.48. The van der Waals surface area contributed by atoms with Gasteiger partial charge in [-0.25, -0.2) is 9.59 Å². The highest BCUT2D eigenvalue weighted by Gasteiger charge is 2.32. The molecule has 1 rings (SSSR count). The third-order valence-electron chi connectivity index (χ3n) is 1.90. The first-order valence-electron chi connectivity index (χ1n) is 5.95. The number of ether oxygens (including phenoxy) is 2. The highest BCUT2D eigenvalue weighted by atomic mass is 32.2. The van der Waals surface area contributed by atoms with Crippen LogP contribution in [0.5, 0.6) is 0 Å². The number of aliphatic hydroxyl groups is 1. The van der Waals surface area contributed by atoms with E-state index >= 15 is 0 Å². The van der Waals surface area contributed by atoms with Crippen LogP contribution in [0.2, 0.25) is 0 Å². The summed E-state index contributed by atoms with van der Waals surface area (Å²) in [6.07, 6.45) is -0.646. The zero-order valence-corrected chi connectivity index (χ0v) is 13.0. The van der Waals surface area contributed by atoms with Gasteiger partial charge in [-0.15, -0.1) is 11.8 Å². The van der Waals surface area contributed by atoms with Gasteiger partial charge in [-0.05, 0) is 27.7 Å². The van der Waals surface area contributed by atoms with Crippen LogP contribution in [-0.4, -0.2) is 40.4 Å². The molecule has 19 heavy (non-hydrogen) atoms. The summed E-state index contributed by atoms with van der Waals surface area (Å²) in [6, 6.07) is 0. The van der Waals surface area contributed by atoms with Gasteiger partial charge in [0.1, 0.15) is 5.44 Å². The van der Waals surface area contributed by atoms with Crippen LogP contribution in [0.3, 0.4) is 0 Å². The molecule has 1 N–H and O–H groups in total. The van der Waals surface area contributed by atoms with Gasteiger partial charge in [0.05, 0.1) is 16.4 Å². The minimum absolute atomic E-state index is 0.117. The fourth-order valence-corrected chi connectivity index (χ4v) is 3.69. The molecule has 1 heterocycles. The fraction of sp³-hybridized carbons (Fsp3) is 0.667. The van der Waals surface area contributed by atoms with Gasteiger partial charge in [-0.1, -0.05) is 11.8 Å². The standard InChI is InChI=1S/C12H18O5S2/c1-6(2)16-10(14)9(11(15)17-7(3)4)12-18-5-8(13)19-12/h6-8,13H,5H2,1-4H3/t8-/m0/s1. The van der Waals surface area contributed by atoms with E-state index in [-0.39, 0.29) is 17.8 Å². The highest BCUT2D eigenvalue weighted by Crippen LogP contribution is 2.43. The summed E-state index contributed by atoms with van der Waals surface area (Å²) in [7, 11) is 0. The van der Waals surface area contributed by atoms with Crippen LogP contribution in [0.25, 0.3) is 0 Å². The Balaban J connectivity index is 2.97. The minimum atomic E-state index is -0.704. The molecule has 0 radical (unpaired) electrons. The van der Waals surface area contributed by atoms with Crippen molar-refractivity contribution in [3.05, 3.63) is 9.81 Å². The first kappa shape index (κ1) is 16.4. The van der Waals surface area contributed by atoms with Crippen LogP contribution in [-0.2, 0) is 19.1 Å². The Bertz CT molecular complexity index is 366. The van der Waals surface area contributed by atoms with Gasteiger partial charge in [-0.2, -0.15) is 0 Å². The van der Waals surface area contributed by atoms with Gasteiger partial charge in [0.15, 0.2) is 5.57 Å². The number of aliphatic hydroxyl groups excluding tert-OH is 1. The Labute approximate surface area is 121 Å². The molecule has 0 unspecified atom stereocenters. The van der Waals surface area contributed by atoms with Crippen LogP contribution in [0, 0.1) is 0 Å². The number of rotatable bonds is 4. The summed E-state index contributed by atoms with van der Waals surface area (Å²) >= 11 is 2.34. The molecule has 0 aromatic carbocycles. The Morgan fingerprint density at radius 2 is 1.63 bits per heavy atom. The Hall–Kier alpha value is -0.660. The molecule has 108 valence electrons. The average Bonchev–Trinajstić information content (AvgIpc) is 2.62.